The minimum Gasteiger partial charge on any atom is -0.324 e. The van der Waals surface area contributed by atoms with Crippen LogP contribution < -0.4 is 0 Å². The minimum absolute atomic E-state index is 0.440. The van der Waals surface area contributed by atoms with E-state index < -0.39 is 21.6 Å². The maximum Gasteiger partial charge on any atom is 0.476 e. The molecule has 6 nitrogen and oxygen atoms in total. The molecule has 21 heavy (non-hydrogen) atoms. The van der Waals surface area contributed by atoms with Gasteiger partial charge < -0.3 is 14.7 Å². The Kier molecular flexibility index (Phi) is 11.7. The van der Waals surface area contributed by atoms with E-state index in [0.29, 0.717) is 5.56 Å². The van der Waals surface area contributed by atoms with Crippen molar-refractivity contribution in [2.24, 2.45) is 0 Å². The van der Waals surface area contributed by atoms with Crippen molar-refractivity contribution < 1.29 is 28.1 Å². The zero-order valence-electron chi connectivity index (χ0n) is 12.8. The van der Waals surface area contributed by atoms with Gasteiger partial charge in [0, 0.05) is 0 Å². The van der Waals surface area contributed by atoms with Crippen LogP contribution in [0.1, 0.15) is 38.8 Å². The Morgan fingerprint density at radius 3 is 1.81 bits per heavy atom. The van der Waals surface area contributed by atoms with Crippen molar-refractivity contribution in [2.45, 2.75) is 33.9 Å². The third-order valence-corrected chi connectivity index (χ3v) is 4.47. The molecule has 1 rings (SSSR count). The van der Waals surface area contributed by atoms with E-state index in [-0.39, 0.29) is 0 Å². The Bertz CT molecular complexity index is 492. The molecule has 122 valence electrons. The molecule has 3 N–H and O–H groups in total. The zero-order valence-corrected chi connectivity index (χ0v) is 14.6. The van der Waals surface area contributed by atoms with E-state index in [9.17, 15) is 14.0 Å². The molecule has 1 aromatic rings. The molecule has 0 aliphatic rings. The van der Waals surface area contributed by atoms with E-state index in [1.807, 2.05) is 27.7 Å². The minimum atomic E-state index is -4.97. The highest BCUT2D eigenvalue weighted by Gasteiger charge is 2.30. The molecule has 0 fully saturated rings. The van der Waals surface area contributed by atoms with Crippen LogP contribution >= 0.6 is 15.4 Å². The first-order valence-electron chi connectivity index (χ1n) is 6.52. The van der Waals surface area contributed by atoms with E-state index in [4.69, 9.17) is 9.79 Å². The lowest BCUT2D eigenvalue weighted by Crippen LogP contribution is -1.92. The van der Waals surface area contributed by atoms with E-state index in [1.165, 1.54) is 0 Å². The predicted octanol–water partition coefficient (Wildman–Crippen LogP) is 4.18. The summed E-state index contributed by atoms with van der Waals surface area (Å²) >= 11 is 0. The third-order valence-electron chi connectivity index (χ3n) is 1.83. The maximum atomic E-state index is 11.4. The summed E-state index contributed by atoms with van der Waals surface area (Å²) in [6.07, 6.45) is 1.14. The van der Waals surface area contributed by atoms with Crippen LogP contribution in [0.2, 0.25) is 0 Å². The van der Waals surface area contributed by atoms with Crippen LogP contribution in [-0.4, -0.2) is 14.7 Å². The Labute approximate surface area is 126 Å². The summed E-state index contributed by atoms with van der Waals surface area (Å²) in [5.74, 6) is 0. The first-order valence-corrected chi connectivity index (χ1v) is 9.81. The molecule has 1 aromatic carbocycles. The summed E-state index contributed by atoms with van der Waals surface area (Å²) in [6.45, 7) is 11.6. The Hall–Kier alpha value is -0.740. The van der Waals surface area contributed by atoms with Gasteiger partial charge in [0.2, 0.25) is 0 Å². The van der Waals surface area contributed by atoms with Crippen molar-refractivity contribution >= 4 is 21.5 Å². The number of rotatable bonds is 5. The molecule has 0 bridgehead atoms. The summed E-state index contributed by atoms with van der Waals surface area (Å²) in [6, 6.07) is 6.45. The van der Waals surface area contributed by atoms with Gasteiger partial charge >= 0.3 is 15.4 Å². The molecule has 0 aromatic heterocycles. The van der Waals surface area contributed by atoms with Gasteiger partial charge in [-0.1, -0.05) is 64.6 Å². The lowest BCUT2D eigenvalue weighted by molar-refractivity contribution is 0.263. The largest absolute Gasteiger partial charge is 0.476 e. The monoisotopic (exact) mass is 338 g/mol. The zero-order chi connectivity index (χ0) is 17.1. The van der Waals surface area contributed by atoms with Crippen molar-refractivity contribution in [1.29, 1.82) is 0 Å². The van der Waals surface area contributed by atoms with Gasteiger partial charge in [0.1, 0.15) is 0 Å². The van der Waals surface area contributed by atoms with Crippen molar-refractivity contribution in [1.82, 2.24) is 0 Å². The summed E-state index contributed by atoms with van der Waals surface area (Å²) in [4.78, 5) is 26.2. The molecule has 8 heteroatoms. The average Bonchev–Trinajstić information content (AvgIpc) is 2.41. The molecule has 0 saturated carbocycles. The lowest BCUT2D eigenvalue weighted by Gasteiger charge is -2.12. The van der Waals surface area contributed by atoms with Crippen LogP contribution in [0, 0.1) is 0 Å². The molecule has 0 aliphatic carbocycles. The van der Waals surface area contributed by atoms with Gasteiger partial charge in [-0.05, 0) is 11.1 Å². The van der Waals surface area contributed by atoms with E-state index in [2.05, 4.69) is 10.9 Å². The molecule has 0 radical (unpaired) electrons. The van der Waals surface area contributed by atoms with Crippen molar-refractivity contribution in [3.8, 4) is 0 Å². The van der Waals surface area contributed by atoms with E-state index >= 15 is 0 Å². The second-order valence-electron chi connectivity index (χ2n) is 3.31. The van der Waals surface area contributed by atoms with E-state index in [0.717, 1.165) is 5.56 Å². The van der Waals surface area contributed by atoms with Gasteiger partial charge in [-0.3, -0.25) is 4.57 Å². The fraction of sp³-hybridized carbons (Fsp3) is 0.385. The fourth-order valence-electron chi connectivity index (χ4n) is 1.18. The quantitative estimate of drug-likeness (QED) is 0.696. The average molecular weight is 338 g/mol. The number of hydrogen-bond donors (Lipinski definition) is 3. The SMILES string of the molecule is C=Cc1ccc(CP(=O)(O)OP(=O)(O)O)cc1.CC.CC. The van der Waals surface area contributed by atoms with Gasteiger partial charge in [0.05, 0.1) is 6.16 Å². The van der Waals surface area contributed by atoms with Gasteiger partial charge in [0.15, 0.2) is 0 Å². The molecule has 0 heterocycles. The van der Waals surface area contributed by atoms with Crippen LogP contribution in [0.4, 0.5) is 0 Å². The molecular weight excluding hydrogens is 314 g/mol. The first kappa shape index (κ1) is 22.5. The summed E-state index contributed by atoms with van der Waals surface area (Å²) in [5.41, 5.74) is 1.27. The Morgan fingerprint density at radius 2 is 1.48 bits per heavy atom. The normalized spacial score (nSPS) is 12.9. The second kappa shape index (κ2) is 10.9. The number of phosphoric acid groups is 1. The van der Waals surface area contributed by atoms with Gasteiger partial charge in [-0.2, -0.15) is 0 Å². The third kappa shape index (κ3) is 11.6. The van der Waals surface area contributed by atoms with Crippen LogP contribution in [0.15, 0.2) is 30.8 Å². The molecule has 1 unspecified atom stereocenters. The Morgan fingerprint density at radius 1 is 1.05 bits per heavy atom. The second-order valence-corrected chi connectivity index (χ2v) is 6.54. The van der Waals surface area contributed by atoms with Gasteiger partial charge in [-0.25, -0.2) is 8.88 Å². The molecular formula is C13H24O6P2. The molecule has 0 amide bonds. The fourth-order valence-corrected chi connectivity index (χ4v) is 3.42. The van der Waals surface area contributed by atoms with Crippen LogP contribution in [0.5, 0.6) is 0 Å². The first-order chi connectivity index (χ1) is 9.72. The van der Waals surface area contributed by atoms with Crippen LogP contribution in [0.3, 0.4) is 0 Å². The van der Waals surface area contributed by atoms with E-state index in [1.54, 1.807) is 30.3 Å². The van der Waals surface area contributed by atoms with Gasteiger partial charge in [0.25, 0.3) is 0 Å². The van der Waals surface area contributed by atoms with Crippen molar-refractivity contribution in [3.63, 3.8) is 0 Å². The summed E-state index contributed by atoms with van der Waals surface area (Å²) in [7, 11) is -9.32. The standard InChI is InChI=1S/C9H12O6P2.2C2H6/c1-2-8-3-5-9(6-4-8)7-16(10,11)15-17(12,13)14;2*1-2/h2-6H,1,7H2,(H,10,11)(H2,12,13,14);2*1-2H3. The predicted molar refractivity (Wildman–Crippen MR) is 85.9 cm³/mol. The smallest absolute Gasteiger partial charge is 0.324 e. The van der Waals surface area contributed by atoms with Crippen molar-refractivity contribution in [3.05, 3.63) is 42.0 Å². The highest BCUT2D eigenvalue weighted by Crippen LogP contribution is 2.58. The van der Waals surface area contributed by atoms with Crippen molar-refractivity contribution in [2.75, 3.05) is 0 Å². The highest BCUT2D eigenvalue weighted by atomic mass is 31.3. The van der Waals surface area contributed by atoms with Crippen LogP contribution in [-0.2, 0) is 19.6 Å². The molecule has 0 spiro atoms. The number of hydrogen-bond acceptors (Lipinski definition) is 3. The van der Waals surface area contributed by atoms with Gasteiger partial charge in [-0.15, -0.1) is 0 Å². The summed E-state index contributed by atoms with van der Waals surface area (Å²) in [5, 5.41) is 0. The highest BCUT2D eigenvalue weighted by molar-refractivity contribution is 7.63. The lowest BCUT2D eigenvalue weighted by atomic mass is 10.1. The summed E-state index contributed by atoms with van der Waals surface area (Å²) < 4.78 is 25.7. The molecule has 0 aliphatic heterocycles. The topological polar surface area (TPSA) is 104 Å². The molecule has 0 saturated heterocycles. The molecule has 1 atom stereocenters. The maximum absolute atomic E-state index is 11.4. The number of benzene rings is 1. The van der Waals surface area contributed by atoms with Crippen LogP contribution in [0.25, 0.3) is 6.08 Å². The Balaban J connectivity index is 0.